The highest BCUT2D eigenvalue weighted by Crippen LogP contribution is 2.37. The van der Waals surface area contributed by atoms with Gasteiger partial charge in [0.25, 0.3) is 0 Å². The van der Waals surface area contributed by atoms with Crippen LogP contribution in [0.4, 0.5) is 0 Å². The summed E-state index contributed by atoms with van der Waals surface area (Å²) in [6.07, 6.45) is 1.10. The molecule has 78 valence electrons. The van der Waals surface area contributed by atoms with Crippen molar-refractivity contribution in [3.63, 3.8) is 0 Å². The van der Waals surface area contributed by atoms with Gasteiger partial charge in [0.1, 0.15) is 5.82 Å². The molecule has 1 atom stereocenters. The Morgan fingerprint density at radius 1 is 1.47 bits per heavy atom. The SMILES string of the molecule is Cc1nc2ccc(C3(C)CCO3)cc2[nH]1. The summed E-state index contributed by atoms with van der Waals surface area (Å²) in [5.74, 6) is 0.960. The van der Waals surface area contributed by atoms with E-state index in [2.05, 4.69) is 35.1 Å². The molecule has 1 aromatic heterocycles. The molecule has 1 aromatic carbocycles. The summed E-state index contributed by atoms with van der Waals surface area (Å²) >= 11 is 0. The molecule has 0 saturated carbocycles. The van der Waals surface area contributed by atoms with E-state index in [0.29, 0.717) is 0 Å². The summed E-state index contributed by atoms with van der Waals surface area (Å²) in [6, 6.07) is 6.32. The fourth-order valence-corrected chi connectivity index (χ4v) is 2.10. The molecule has 1 fully saturated rings. The van der Waals surface area contributed by atoms with Crippen molar-refractivity contribution >= 4 is 11.0 Å². The predicted octanol–water partition coefficient (Wildman–Crippen LogP) is 2.51. The van der Waals surface area contributed by atoms with E-state index in [-0.39, 0.29) is 5.60 Å². The third kappa shape index (κ3) is 1.27. The average molecular weight is 202 g/mol. The summed E-state index contributed by atoms with van der Waals surface area (Å²) in [7, 11) is 0. The maximum Gasteiger partial charge on any atom is 0.104 e. The number of rotatable bonds is 1. The maximum atomic E-state index is 5.63. The normalized spacial score (nSPS) is 25.5. The molecule has 1 aliphatic rings. The van der Waals surface area contributed by atoms with Crippen molar-refractivity contribution in [2.75, 3.05) is 6.61 Å². The molecule has 15 heavy (non-hydrogen) atoms. The van der Waals surface area contributed by atoms with Crippen molar-refractivity contribution in [2.24, 2.45) is 0 Å². The number of hydrogen-bond donors (Lipinski definition) is 1. The van der Waals surface area contributed by atoms with Gasteiger partial charge in [-0.15, -0.1) is 0 Å². The molecule has 0 bridgehead atoms. The second-order valence-electron chi connectivity index (χ2n) is 4.38. The Balaban J connectivity index is 2.13. The molecule has 2 aromatic rings. The minimum atomic E-state index is -0.0762. The third-order valence-electron chi connectivity index (χ3n) is 3.21. The van der Waals surface area contributed by atoms with Crippen LogP contribution in [0, 0.1) is 6.92 Å². The van der Waals surface area contributed by atoms with Crippen LogP contribution in [-0.2, 0) is 10.3 Å². The molecular weight excluding hydrogens is 188 g/mol. The van der Waals surface area contributed by atoms with Gasteiger partial charge in [0.15, 0.2) is 0 Å². The van der Waals surface area contributed by atoms with Gasteiger partial charge in [-0.05, 0) is 31.5 Å². The van der Waals surface area contributed by atoms with Gasteiger partial charge in [0, 0.05) is 6.42 Å². The predicted molar refractivity (Wildman–Crippen MR) is 58.8 cm³/mol. The van der Waals surface area contributed by atoms with Crippen molar-refractivity contribution in [3.05, 3.63) is 29.6 Å². The quantitative estimate of drug-likeness (QED) is 0.771. The zero-order chi connectivity index (χ0) is 10.5. The van der Waals surface area contributed by atoms with Crippen LogP contribution in [0.1, 0.15) is 24.7 Å². The summed E-state index contributed by atoms with van der Waals surface area (Å²) in [5.41, 5.74) is 3.29. The van der Waals surface area contributed by atoms with Crippen LogP contribution in [0.2, 0.25) is 0 Å². The van der Waals surface area contributed by atoms with E-state index < -0.39 is 0 Å². The molecule has 1 saturated heterocycles. The first-order valence-electron chi connectivity index (χ1n) is 5.28. The standard InChI is InChI=1S/C12H14N2O/c1-8-13-10-4-3-9(7-11(10)14-8)12(2)5-6-15-12/h3-4,7H,5-6H2,1-2H3,(H,13,14). The number of fused-ring (bicyclic) bond motifs is 1. The first-order valence-corrected chi connectivity index (χ1v) is 5.28. The highest BCUT2D eigenvalue weighted by Gasteiger charge is 2.35. The second kappa shape index (κ2) is 2.83. The average Bonchev–Trinajstić information content (AvgIpc) is 2.53. The minimum Gasteiger partial charge on any atom is -0.370 e. The van der Waals surface area contributed by atoms with Crippen LogP contribution in [0.15, 0.2) is 18.2 Å². The lowest BCUT2D eigenvalue weighted by Gasteiger charge is -2.39. The van der Waals surface area contributed by atoms with Crippen LogP contribution in [0.3, 0.4) is 0 Å². The molecule has 0 radical (unpaired) electrons. The lowest BCUT2D eigenvalue weighted by atomic mass is 9.88. The molecular formula is C12H14N2O. The summed E-state index contributed by atoms with van der Waals surface area (Å²) in [5, 5.41) is 0. The van der Waals surface area contributed by atoms with Gasteiger partial charge < -0.3 is 9.72 Å². The third-order valence-corrected chi connectivity index (χ3v) is 3.21. The summed E-state index contributed by atoms with van der Waals surface area (Å²) in [4.78, 5) is 7.64. The van der Waals surface area contributed by atoms with Gasteiger partial charge in [-0.25, -0.2) is 4.98 Å². The van der Waals surface area contributed by atoms with Gasteiger partial charge in [-0.3, -0.25) is 0 Å². The number of ether oxygens (including phenoxy) is 1. The molecule has 3 nitrogen and oxygen atoms in total. The monoisotopic (exact) mass is 202 g/mol. The van der Waals surface area contributed by atoms with Gasteiger partial charge in [-0.2, -0.15) is 0 Å². The number of H-pyrrole nitrogens is 1. The first-order chi connectivity index (χ1) is 7.17. The van der Waals surface area contributed by atoms with E-state index >= 15 is 0 Å². The van der Waals surface area contributed by atoms with Gasteiger partial charge in [0.2, 0.25) is 0 Å². The molecule has 0 spiro atoms. The van der Waals surface area contributed by atoms with E-state index in [9.17, 15) is 0 Å². The number of benzene rings is 1. The molecule has 1 unspecified atom stereocenters. The summed E-state index contributed by atoms with van der Waals surface area (Å²) < 4.78 is 5.63. The maximum absolute atomic E-state index is 5.63. The smallest absolute Gasteiger partial charge is 0.104 e. The van der Waals surface area contributed by atoms with Crippen molar-refractivity contribution in [2.45, 2.75) is 25.9 Å². The van der Waals surface area contributed by atoms with Crippen LogP contribution in [0.5, 0.6) is 0 Å². The molecule has 0 amide bonds. The Morgan fingerprint density at radius 3 is 2.93 bits per heavy atom. The highest BCUT2D eigenvalue weighted by molar-refractivity contribution is 5.76. The van der Waals surface area contributed by atoms with E-state index in [0.717, 1.165) is 29.9 Å². The number of nitrogens with one attached hydrogen (secondary N) is 1. The van der Waals surface area contributed by atoms with Crippen LogP contribution >= 0.6 is 0 Å². The van der Waals surface area contributed by atoms with E-state index in [1.54, 1.807) is 0 Å². The number of aromatic amines is 1. The molecule has 2 heterocycles. The number of imidazole rings is 1. The van der Waals surface area contributed by atoms with Gasteiger partial charge in [0.05, 0.1) is 23.2 Å². The van der Waals surface area contributed by atoms with Gasteiger partial charge in [-0.1, -0.05) is 6.07 Å². The van der Waals surface area contributed by atoms with Crippen molar-refractivity contribution < 1.29 is 4.74 Å². The Kier molecular flexibility index (Phi) is 1.68. The molecule has 1 N–H and O–H groups in total. The lowest BCUT2D eigenvalue weighted by molar-refractivity contribution is -0.140. The number of aromatic nitrogens is 2. The number of nitrogens with zero attached hydrogens (tertiary/aromatic N) is 1. The molecule has 3 rings (SSSR count). The highest BCUT2D eigenvalue weighted by atomic mass is 16.5. The molecule has 1 aliphatic heterocycles. The Morgan fingerprint density at radius 2 is 2.27 bits per heavy atom. The zero-order valence-electron chi connectivity index (χ0n) is 9.00. The van der Waals surface area contributed by atoms with Crippen LogP contribution in [-0.4, -0.2) is 16.6 Å². The fourth-order valence-electron chi connectivity index (χ4n) is 2.10. The second-order valence-corrected chi connectivity index (χ2v) is 4.38. The Hall–Kier alpha value is -1.35. The largest absolute Gasteiger partial charge is 0.370 e. The lowest BCUT2D eigenvalue weighted by Crippen LogP contribution is -2.37. The zero-order valence-corrected chi connectivity index (χ0v) is 9.00. The van der Waals surface area contributed by atoms with Gasteiger partial charge >= 0.3 is 0 Å². The number of hydrogen-bond acceptors (Lipinski definition) is 2. The molecule has 3 heteroatoms. The van der Waals surface area contributed by atoms with Crippen molar-refractivity contribution in [1.29, 1.82) is 0 Å². The number of aryl methyl sites for hydroxylation is 1. The van der Waals surface area contributed by atoms with E-state index in [1.807, 2.05) is 6.92 Å². The topological polar surface area (TPSA) is 37.9 Å². The summed E-state index contributed by atoms with van der Waals surface area (Å²) in [6.45, 7) is 4.98. The Bertz CT molecular complexity index is 511. The van der Waals surface area contributed by atoms with Crippen LogP contribution < -0.4 is 0 Å². The fraction of sp³-hybridized carbons (Fsp3) is 0.417. The Labute approximate surface area is 88.5 Å². The van der Waals surface area contributed by atoms with E-state index in [1.165, 1.54) is 5.56 Å². The van der Waals surface area contributed by atoms with Crippen molar-refractivity contribution in [3.8, 4) is 0 Å². The minimum absolute atomic E-state index is 0.0762. The molecule has 0 aliphatic carbocycles. The van der Waals surface area contributed by atoms with E-state index in [4.69, 9.17) is 4.74 Å². The van der Waals surface area contributed by atoms with Crippen LogP contribution in [0.25, 0.3) is 11.0 Å². The first kappa shape index (κ1) is 8.92. The van der Waals surface area contributed by atoms with Crippen molar-refractivity contribution in [1.82, 2.24) is 9.97 Å².